The van der Waals surface area contributed by atoms with Crippen molar-refractivity contribution in [2.45, 2.75) is 25.2 Å². The number of anilines is 1. The largest absolute Gasteiger partial charge is 0.434 e. The minimum absolute atomic E-state index is 0.0153. The lowest BCUT2D eigenvalue weighted by atomic mass is 9.99. The van der Waals surface area contributed by atoms with E-state index < -0.39 is 11.9 Å². The van der Waals surface area contributed by atoms with E-state index >= 15 is 0 Å². The highest BCUT2D eigenvalue weighted by atomic mass is 19.4. The molecule has 1 aliphatic heterocycles. The average molecular weight is 429 g/mol. The molecule has 0 amide bonds. The lowest BCUT2D eigenvalue weighted by Crippen LogP contribution is -2.51. The summed E-state index contributed by atoms with van der Waals surface area (Å²) in [5.41, 5.74) is 0.638. The van der Waals surface area contributed by atoms with E-state index in [1.54, 1.807) is 18.5 Å². The van der Waals surface area contributed by atoms with Crippen LogP contribution in [-0.4, -0.2) is 53.7 Å². The van der Waals surface area contributed by atoms with Crippen molar-refractivity contribution in [3.8, 4) is 11.5 Å². The molecule has 12 heteroatoms. The van der Waals surface area contributed by atoms with Gasteiger partial charge < -0.3 is 10.2 Å². The van der Waals surface area contributed by atoms with Gasteiger partial charge in [-0.1, -0.05) is 0 Å². The number of aromatic nitrogens is 7. The third-order valence-electron chi connectivity index (χ3n) is 5.34. The van der Waals surface area contributed by atoms with Gasteiger partial charge in [-0.15, -0.1) is 0 Å². The van der Waals surface area contributed by atoms with Gasteiger partial charge in [-0.3, -0.25) is 9.50 Å². The number of imidazole rings is 1. The van der Waals surface area contributed by atoms with Crippen LogP contribution in [0.1, 0.15) is 24.2 Å². The smallest absolute Gasteiger partial charge is 0.346 e. The van der Waals surface area contributed by atoms with E-state index in [1.165, 1.54) is 10.6 Å². The van der Waals surface area contributed by atoms with Gasteiger partial charge in [0.25, 0.3) is 0 Å². The maximum absolute atomic E-state index is 13.1. The van der Waals surface area contributed by atoms with E-state index in [1.807, 2.05) is 6.20 Å². The summed E-state index contributed by atoms with van der Waals surface area (Å²) in [6.45, 7) is 3.55. The number of rotatable bonds is 3. The molecule has 5 heterocycles. The molecule has 1 fully saturated rings. The number of fused-ring (bicyclic) bond motifs is 1. The molecule has 2 atom stereocenters. The Morgan fingerprint density at radius 3 is 2.77 bits per heavy atom. The number of alkyl halides is 3. The minimum Gasteiger partial charge on any atom is -0.346 e. The van der Waals surface area contributed by atoms with Crippen LogP contribution in [-0.2, 0) is 6.18 Å². The van der Waals surface area contributed by atoms with E-state index in [-0.39, 0.29) is 23.6 Å². The number of piperazine rings is 1. The molecule has 0 aliphatic carbocycles. The van der Waals surface area contributed by atoms with Crippen LogP contribution in [0.3, 0.4) is 0 Å². The number of H-pyrrole nitrogens is 1. The molecule has 0 radical (unpaired) electrons. The SMILES string of the molecule is C[C@H]1NCCN(c2ccnc(-c3cnc4cnc(C(F)(F)F)cn34)n2)[C@H]1c1cn[nH]c1. The predicted molar refractivity (Wildman–Crippen MR) is 105 cm³/mol. The van der Waals surface area contributed by atoms with Gasteiger partial charge in [0.15, 0.2) is 17.2 Å². The maximum Gasteiger partial charge on any atom is 0.434 e. The lowest BCUT2D eigenvalue weighted by Gasteiger charge is -2.41. The number of hydrogen-bond acceptors (Lipinski definition) is 7. The Balaban J connectivity index is 1.56. The normalized spacial score (nSPS) is 19.8. The molecule has 1 aliphatic rings. The summed E-state index contributed by atoms with van der Waals surface area (Å²) in [6.07, 6.45) is 4.11. The molecule has 1 saturated heterocycles. The molecule has 0 bridgehead atoms. The van der Waals surface area contributed by atoms with E-state index in [2.05, 4.69) is 47.3 Å². The summed E-state index contributed by atoms with van der Waals surface area (Å²) in [5.74, 6) is 0.950. The van der Waals surface area contributed by atoms with Gasteiger partial charge in [-0.05, 0) is 13.0 Å². The molecule has 160 valence electrons. The molecule has 0 spiro atoms. The summed E-state index contributed by atoms with van der Waals surface area (Å²) < 4.78 is 40.7. The molecule has 2 N–H and O–H groups in total. The van der Waals surface area contributed by atoms with E-state index in [0.717, 1.165) is 24.5 Å². The lowest BCUT2D eigenvalue weighted by molar-refractivity contribution is -0.141. The summed E-state index contributed by atoms with van der Waals surface area (Å²) in [6, 6.07) is 1.92. The molecule has 4 aromatic heterocycles. The number of halogens is 3. The van der Waals surface area contributed by atoms with Crippen LogP contribution in [0.5, 0.6) is 0 Å². The first-order valence-corrected chi connectivity index (χ1v) is 9.64. The minimum atomic E-state index is -4.56. The monoisotopic (exact) mass is 429 g/mol. The second-order valence-corrected chi connectivity index (χ2v) is 7.29. The highest BCUT2D eigenvalue weighted by Gasteiger charge is 2.34. The van der Waals surface area contributed by atoms with Crippen LogP contribution in [0.4, 0.5) is 19.0 Å². The zero-order chi connectivity index (χ0) is 21.6. The molecule has 4 aromatic rings. The Hall–Kier alpha value is -3.54. The first kappa shape index (κ1) is 19.4. The van der Waals surface area contributed by atoms with Crippen LogP contribution in [0.2, 0.25) is 0 Å². The van der Waals surface area contributed by atoms with Gasteiger partial charge in [0.05, 0.1) is 24.6 Å². The highest BCUT2D eigenvalue weighted by molar-refractivity contribution is 5.58. The summed E-state index contributed by atoms with van der Waals surface area (Å²) in [7, 11) is 0. The first-order valence-electron chi connectivity index (χ1n) is 9.64. The Kier molecular flexibility index (Phi) is 4.58. The van der Waals surface area contributed by atoms with Crippen molar-refractivity contribution in [2.75, 3.05) is 18.0 Å². The Morgan fingerprint density at radius 1 is 1.13 bits per heavy atom. The van der Waals surface area contributed by atoms with Crippen molar-refractivity contribution in [3.63, 3.8) is 0 Å². The van der Waals surface area contributed by atoms with Crippen LogP contribution in [0.25, 0.3) is 17.2 Å². The Labute approximate surface area is 174 Å². The third-order valence-corrected chi connectivity index (χ3v) is 5.34. The molecular formula is C19H18F3N9. The van der Waals surface area contributed by atoms with Gasteiger partial charge in [0, 0.05) is 43.3 Å². The maximum atomic E-state index is 13.1. The van der Waals surface area contributed by atoms with Crippen molar-refractivity contribution < 1.29 is 13.2 Å². The standard InChI is InChI=1S/C19H18F3N9/c1-11-17(12-6-27-28-7-12)30(5-4-23-11)15-2-3-24-18(29-15)13-8-26-16-9-25-14(10-31(13)16)19(20,21)22/h2-3,6-11,17,23H,4-5H2,1H3,(H,27,28)/t11-,17-/m1/s1. The van der Waals surface area contributed by atoms with Gasteiger partial charge in [-0.25, -0.2) is 19.9 Å². The first-order chi connectivity index (χ1) is 14.9. The van der Waals surface area contributed by atoms with Crippen LogP contribution in [0, 0.1) is 0 Å². The quantitative estimate of drug-likeness (QED) is 0.516. The van der Waals surface area contributed by atoms with Crippen molar-refractivity contribution >= 4 is 11.5 Å². The molecular weight excluding hydrogens is 411 g/mol. The second kappa shape index (κ2) is 7.30. The predicted octanol–water partition coefficient (Wildman–Crippen LogP) is 2.47. The molecule has 0 aromatic carbocycles. The second-order valence-electron chi connectivity index (χ2n) is 7.29. The van der Waals surface area contributed by atoms with Gasteiger partial charge in [0.1, 0.15) is 11.5 Å². The summed E-state index contributed by atoms with van der Waals surface area (Å²) in [4.78, 5) is 18.7. The number of aromatic amines is 1. The number of hydrogen-bond donors (Lipinski definition) is 2. The summed E-state index contributed by atoms with van der Waals surface area (Å²) >= 11 is 0. The van der Waals surface area contributed by atoms with E-state index in [0.29, 0.717) is 18.1 Å². The Morgan fingerprint density at radius 2 is 2.00 bits per heavy atom. The van der Waals surface area contributed by atoms with Crippen molar-refractivity contribution in [3.05, 3.63) is 54.5 Å². The molecule has 5 rings (SSSR count). The van der Waals surface area contributed by atoms with E-state index in [9.17, 15) is 13.2 Å². The molecule has 0 unspecified atom stereocenters. The highest BCUT2D eigenvalue weighted by Crippen LogP contribution is 2.32. The van der Waals surface area contributed by atoms with Crippen LogP contribution < -0.4 is 10.2 Å². The molecule has 9 nitrogen and oxygen atoms in total. The fourth-order valence-electron chi connectivity index (χ4n) is 3.92. The topological polar surface area (TPSA) is 99.9 Å². The fourth-order valence-corrected chi connectivity index (χ4v) is 3.92. The van der Waals surface area contributed by atoms with E-state index in [4.69, 9.17) is 0 Å². The number of nitrogens with zero attached hydrogens (tertiary/aromatic N) is 7. The van der Waals surface area contributed by atoms with Gasteiger partial charge in [0.2, 0.25) is 0 Å². The van der Waals surface area contributed by atoms with Gasteiger partial charge >= 0.3 is 6.18 Å². The van der Waals surface area contributed by atoms with Crippen LogP contribution >= 0.6 is 0 Å². The zero-order valence-corrected chi connectivity index (χ0v) is 16.4. The molecule has 31 heavy (non-hydrogen) atoms. The fraction of sp³-hybridized carbons (Fsp3) is 0.316. The van der Waals surface area contributed by atoms with Crippen molar-refractivity contribution in [1.29, 1.82) is 0 Å². The van der Waals surface area contributed by atoms with Crippen molar-refractivity contribution in [1.82, 2.24) is 39.9 Å². The van der Waals surface area contributed by atoms with Crippen LogP contribution in [0.15, 0.2) is 43.2 Å². The molecule has 0 saturated carbocycles. The number of nitrogens with one attached hydrogen (secondary N) is 2. The van der Waals surface area contributed by atoms with Gasteiger partial charge in [-0.2, -0.15) is 18.3 Å². The van der Waals surface area contributed by atoms with Crippen molar-refractivity contribution in [2.24, 2.45) is 0 Å². The summed E-state index contributed by atoms with van der Waals surface area (Å²) in [5, 5.41) is 10.4. The average Bonchev–Trinajstić information content (AvgIpc) is 3.42. The zero-order valence-electron chi connectivity index (χ0n) is 16.4. The Bertz CT molecular complexity index is 1200. The third kappa shape index (κ3) is 3.48.